The molecule has 1 aliphatic heterocycles. The zero-order valence-corrected chi connectivity index (χ0v) is 33.5. The maximum Gasteiger partial charge on any atom is 0.164 e. The third kappa shape index (κ3) is 5.35. The molecule has 59 heavy (non-hydrogen) atoms. The smallest absolute Gasteiger partial charge is 0.164 e. The number of allylic oxidation sites excluding steroid dienone is 3. The van der Waals surface area contributed by atoms with Gasteiger partial charge in [-0.05, 0) is 75.3 Å². The van der Waals surface area contributed by atoms with Crippen LogP contribution in [0.2, 0.25) is 0 Å². The minimum absolute atomic E-state index is 0.107. The first kappa shape index (κ1) is 34.2. The maximum atomic E-state index is 5.10. The largest absolute Gasteiger partial charge is 0.309 e. The first-order chi connectivity index (χ1) is 29.0. The van der Waals surface area contributed by atoms with E-state index < -0.39 is 0 Å². The summed E-state index contributed by atoms with van der Waals surface area (Å²) in [5.41, 5.74) is 15.6. The van der Waals surface area contributed by atoms with Gasteiger partial charge >= 0.3 is 0 Å². The molecule has 4 nitrogen and oxygen atoms in total. The Kier molecular flexibility index (Phi) is 7.60. The van der Waals surface area contributed by atoms with E-state index in [9.17, 15) is 0 Å². The molecule has 2 aromatic heterocycles. The highest BCUT2D eigenvalue weighted by Crippen LogP contribution is 2.54. The summed E-state index contributed by atoms with van der Waals surface area (Å²) < 4.78 is 2.52. The van der Waals surface area contributed by atoms with Gasteiger partial charge in [-0.25, -0.2) is 15.0 Å². The van der Waals surface area contributed by atoms with Crippen LogP contribution in [0, 0.1) is 0 Å². The average Bonchev–Trinajstić information content (AvgIpc) is 3.91. The number of rotatable bonds is 5. The minimum atomic E-state index is -0.107. The van der Waals surface area contributed by atoms with Crippen molar-refractivity contribution in [2.45, 2.75) is 35.3 Å². The zero-order valence-electron chi connectivity index (χ0n) is 32.7. The predicted molar refractivity (Wildman–Crippen MR) is 244 cm³/mol. The molecule has 7 aromatic carbocycles. The normalized spacial score (nSPS) is 16.9. The highest BCUT2D eigenvalue weighted by atomic mass is 32.2. The van der Waals surface area contributed by atoms with Crippen molar-refractivity contribution in [2.24, 2.45) is 0 Å². The van der Waals surface area contributed by atoms with Gasteiger partial charge in [0.15, 0.2) is 17.5 Å². The summed E-state index contributed by atoms with van der Waals surface area (Å²) in [7, 11) is 0. The molecule has 0 saturated carbocycles. The van der Waals surface area contributed by atoms with Gasteiger partial charge in [-0.1, -0.05) is 159 Å². The van der Waals surface area contributed by atoms with E-state index in [4.69, 9.17) is 15.0 Å². The van der Waals surface area contributed by atoms with Gasteiger partial charge in [0.2, 0.25) is 0 Å². The molecular weight excluding hydrogens is 737 g/mol. The van der Waals surface area contributed by atoms with Gasteiger partial charge in [-0.2, -0.15) is 0 Å². The number of hydrogen-bond acceptors (Lipinski definition) is 4. The number of hydrogen-bond donors (Lipinski definition) is 0. The second-order valence-electron chi connectivity index (χ2n) is 16.3. The van der Waals surface area contributed by atoms with Crippen molar-refractivity contribution in [1.82, 2.24) is 19.5 Å². The van der Waals surface area contributed by atoms with E-state index in [0.29, 0.717) is 22.7 Å². The lowest BCUT2D eigenvalue weighted by Gasteiger charge is -2.22. The van der Waals surface area contributed by atoms with E-state index in [0.717, 1.165) is 22.3 Å². The second kappa shape index (κ2) is 13.1. The van der Waals surface area contributed by atoms with Crippen molar-refractivity contribution in [1.29, 1.82) is 0 Å². The van der Waals surface area contributed by atoms with Crippen LogP contribution in [0.25, 0.3) is 83.9 Å². The fourth-order valence-corrected chi connectivity index (χ4v) is 11.1. The van der Waals surface area contributed by atoms with E-state index >= 15 is 0 Å². The summed E-state index contributed by atoms with van der Waals surface area (Å²) in [5.74, 6) is 2.26. The molecule has 2 aliphatic carbocycles. The Balaban J connectivity index is 1.07. The number of nitrogens with zero attached hydrogens (tertiary/aromatic N) is 4. The van der Waals surface area contributed by atoms with Crippen molar-refractivity contribution in [3.8, 4) is 62.1 Å². The van der Waals surface area contributed by atoms with Crippen LogP contribution in [0.3, 0.4) is 0 Å². The summed E-state index contributed by atoms with van der Waals surface area (Å²) >= 11 is 1.98. The van der Waals surface area contributed by atoms with Gasteiger partial charge in [0.1, 0.15) is 0 Å². The lowest BCUT2D eigenvalue weighted by Crippen LogP contribution is -2.15. The second-order valence-corrected chi connectivity index (χ2v) is 17.5. The average molecular weight is 775 g/mol. The summed E-state index contributed by atoms with van der Waals surface area (Å²) in [6, 6.07) is 56.8. The van der Waals surface area contributed by atoms with Gasteiger partial charge in [0.25, 0.3) is 0 Å². The maximum absolute atomic E-state index is 5.10. The van der Waals surface area contributed by atoms with Crippen LogP contribution in [0.5, 0.6) is 0 Å². The Bertz CT molecular complexity index is 3170. The molecule has 0 radical (unpaired) electrons. The molecule has 9 aromatic rings. The molecule has 0 amide bonds. The van der Waals surface area contributed by atoms with Crippen molar-refractivity contribution < 1.29 is 0 Å². The molecule has 12 rings (SSSR count). The van der Waals surface area contributed by atoms with Gasteiger partial charge < -0.3 is 4.57 Å². The fourth-order valence-electron chi connectivity index (χ4n) is 9.68. The molecule has 5 heteroatoms. The zero-order chi connectivity index (χ0) is 39.2. The van der Waals surface area contributed by atoms with Crippen LogP contribution in [-0.2, 0) is 5.41 Å². The molecule has 0 N–H and O–H groups in total. The first-order valence-electron chi connectivity index (χ1n) is 20.3. The minimum Gasteiger partial charge on any atom is -0.309 e. The Labute approximate surface area is 347 Å². The molecular formula is C54H38N4S. The summed E-state index contributed by atoms with van der Waals surface area (Å²) in [4.78, 5) is 16.5. The standard InChI is InChI=1S/C54H38N4S/c1-54(2)45-25-12-9-22-38(45)42-31-43-39-23-10-13-26-47(39)58(48(43)32-46(42)54)37-29-41(50-44(30-37)40-24-11-14-27-49(40)59-50)35-20-15-21-36(28-35)53-56-51(33-16-5-3-6-17-33)55-52(57-53)34-18-7-4-8-19-34/h3-32,40,49H,1-2H3. The van der Waals surface area contributed by atoms with Crippen LogP contribution >= 0.6 is 11.8 Å². The summed E-state index contributed by atoms with van der Waals surface area (Å²) in [6.07, 6.45) is 9.15. The molecule has 3 heterocycles. The highest BCUT2D eigenvalue weighted by Gasteiger charge is 2.37. The van der Waals surface area contributed by atoms with Crippen LogP contribution in [0.15, 0.2) is 187 Å². The number of aromatic nitrogens is 4. The molecule has 0 fully saturated rings. The van der Waals surface area contributed by atoms with Gasteiger partial charge in [-0.15, -0.1) is 11.8 Å². The number of thioether (sulfide) groups is 1. The molecule has 3 aliphatic rings. The number of fused-ring (bicyclic) bond motifs is 9. The van der Waals surface area contributed by atoms with E-state index in [1.54, 1.807) is 0 Å². The number of para-hydroxylation sites is 1. The number of benzene rings is 7. The van der Waals surface area contributed by atoms with Crippen molar-refractivity contribution >= 4 is 33.6 Å². The first-order valence-corrected chi connectivity index (χ1v) is 21.2. The van der Waals surface area contributed by atoms with Crippen LogP contribution in [0.1, 0.15) is 36.5 Å². The van der Waals surface area contributed by atoms with Gasteiger partial charge in [-0.3, -0.25) is 0 Å². The van der Waals surface area contributed by atoms with E-state index in [1.807, 2.05) is 48.2 Å². The van der Waals surface area contributed by atoms with Crippen molar-refractivity contribution in [3.63, 3.8) is 0 Å². The van der Waals surface area contributed by atoms with Crippen molar-refractivity contribution in [2.75, 3.05) is 0 Å². The monoisotopic (exact) mass is 774 g/mol. The molecule has 280 valence electrons. The SMILES string of the molecule is CC1(C)c2ccccc2-c2cc3c4ccccc4n(-c4cc(-c5cccc(-c6nc(-c7ccccc7)nc(-c7ccccc7)n6)c5)c5c(c4)C4C=CC=CC4S5)c3cc21. The van der Waals surface area contributed by atoms with Crippen molar-refractivity contribution in [3.05, 3.63) is 199 Å². The topological polar surface area (TPSA) is 43.6 Å². The van der Waals surface area contributed by atoms with Crippen LogP contribution < -0.4 is 0 Å². The van der Waals surface area contributed by atoms with Crippen LogP contribution in [0.4, 0.5) is 0 Å². The predicted octanol–water partition coefficient (Wildman–Crippen LogP) is 13.6. The quantitative estimate of drug-likeness (QED) is 0.175. The fraction of sp³-hybridized carbons (Fsp3) is 0.0926. The summed E-state index contributed by atoms with van der Waals surface area (Å²) in [5, 5.41) is 2.89. The Morgan fingerprint density at radius 3 is 1.92 bits per heavy atom. The third-order valence-corrected chi connectivity index (χ3v) is 14.0. The highest BCUT2D eigenvalue weighted by molar-refractivity contribution is 8.00. The molecule has 2 atom stereocenters. The van der Waals surface area contributed by atoms with E-state index in [-0.39, 0.29) is 11.3 Å². The third-order valence-electron chi connectivity index (χ3n) is 12.6. The molecule has 0 saturated heterocycles. The van der Waals surface area contributed by atoms with E-state index in [2.05, 4.69) is 164 Å². The Morgan fingerprint density at radius 2 is 1.14 bits per heavy atom. The Hall–Kier alpha value is -6.82. The molecule has 2 unspecified atom stereocenters. The van der Waals surface area contributed by atoms with Crippen LogP contribution in [-0.4, -0.2) is 24.8 Å². The van der Waals surface area contributed by atoms with Gasteiger partial charge in [0, 0.05) is 54.6 Å². The van der Waals surface area contributed by atoms with Gasteiger partial charge in [0.05, 0.1) is 11.0 Å². The molecule has 0 spiro atoms. The Morgan fingerprint density at radius 1 is 0.492 bits per heavy atom. The lowest BCUT2D eigenvalue weighted by atomic mass is 9.82. The summed E-state index contributed by atoms with van der Waals surface area (Å²) in [6.45, 7) is 4.74. The lowest BCUT2D eigenvalue weighted by molar-refractivity contribution is 0.661. The van der Waals surface area contributed by atoms with E-state index in [1.165, 1.54) is 65.8 Å². The molecule has 0 bridgehead atoms.